The van der Waals surface area contributed by atoms with Gasteiger partial charge >= 0.3 is 0 Å². The van der Waals surface area contributed by atoms with E-state index in [9.17, 15) is 9.59 Å². The Hall–Kier alpha value is -3.46. The summed E-state index contributed by atoms with van der Waals surface area (Å²) in [7, 11) is 0. The van der Waals surface area contributed by atoms with Crippen molar-refractivity contribution in [3.05, 3.63) is 102 Å². The molecular formula is C29H27Cl2N5O2S. The molecule has 200 valence electrons. The lowest BCUT2D eigenvalue weighted by atomic mass is 10.1. The van der Waals surface area contributed by atoms with Crippen LogP contribution in [0.5, 0.6) is 0 Å². The normalized spacial score (nSPS) is 11.3. The molecule has 1 amide bonds. The zero-order valence-electron chi connectivity index (χ0n) is 22.0. The number of aromatic nitrogens is 4. The van der Waals surface area contributed by atoms with Crippen molar-refractivity contribution in [1.82, 2.24) is 24.5 Å². The van der Waals surface area contributed by atoms with E-state index in [1.54, 1.807) is 12.1 Å². The number of thiazole rings is 1. The van der Waals surface area contributed by atoms with Crippen molar-refractivity contribution < 1.29 is 4.79 Å². The molecule has 0 aliphatic heterocycles. The summed E-state index contributed by atoms with van der Waals surface area (Å²) >= 11 is 13.5. The molecule has 3 heterocycles. The Morgan fingerprint density at radius 1 is 1.08 bits per heavy atom. The molecule has 3 aromatic heterocycles. The summed E-state index contributed by atoms with van der Waals surface area (Å²) in [6, 6.07) is 13.3. The summed E-state index contributed by atoms with van der Waals surface area (Å²) in [5, 5.41) is 10.7. The average Bonchev–Trinajstić information content (AvgIpc) is 3.45. The number of carbonyl (C=O) groups excluding carboxylic acids is 1. The van der Waals surface area contributed by atoms with Crippen LogP contribution in [0.3, 0.4) is 0 Å². The first-order chi connectivity index (χ1) is 18.6. The number of hydrogen-bond acceptors (Lipinski definition) is 5. The zero-order valence-corrected chi connectivity index (χ0v) is 24.3. The van der Waals surface area contributed by atoms with Crippen LogP contribution in [-0.4, -0.2) is 31.6 Å². The third kappa shape index (κ3) is 5.37. The van der Waals surface area contributed by atoms with Crippen LogP contribution in [0, 0.1) is 27.7 Å². The van der Waals surface area contributed by atoms with E-state index in [1.807, 2.05) is 48.2 Å². The second-order valence-electron chi connectivity index (χ2n) is 9.54. The Kier molecular flexibility index (Phi) is 7.62. The van der Waals surface area contributed by atoms with E-state index in [1.165, 1.54) is 21.3 Å². The van der Waals surface area contributed by atoms with E-state index in [2.05, 4.69) is 30.2 Å². The highest BCUT2D eigenvalue weighted by molar-refractivity contribution is 7.15. The highest BCUT2D eigenvalue weighted by Gasteiger charge is 2.20. The smallest absolute Gasteiger partial charge is 0.268 e. The maximum Gasteiger partial charge on any atom is 0.268 e. The topological polar surface area (TPSA) is 81.3 Å². The standard InChI is InChI=1S/C29H27Cl2N5O2S/c1-16-6-5-7-25(18(16)3)36-17(2)12-24(34-36)27-19(4)33-29-35(28(27)38)22(15-39-29)14-26(37)32-11-10-20-8-9-21(30)13-23(20)31/h5-9,12-13,15H,10-11,14H2,1-4H3,(H,32,37). The highest BCUT2D eigenvalue weighted by atomic mass is 35.5. The molecule has 7 nitrogen and oxygen atoms in total. The Balaban J connectivity index is 1.41. The van der Waals surface area contributed by atoms with Gasteiger partial charge in [-0.05, 0) is 75.1 Å². The molecule has 0 bridgehead atoms. The second-order valence-corrected chi connectivity index (χ2v) is 11.2. The monoisotopic (exact) mass is 579 g/mol. The number of nitrogens with one attached hydrogen (secondary N) is 1. The van der Waals surface area contributed by atoms with E-state index in [-0.39, 0.29) is 17.9 Å². The Morgan fingerprint density at radius 2 is 1.87 bits per heavy atom. The number of fused-ring (bicyclic) bond motifs is 1. The first-order valence-corrected chi connectivity index (χ1v) is 14.1. The van der Waals surface area contributed by atoms with Crippen molar-refractivity contribution in [1.29, 1.82) is 0 Å². The summed E-state index contributed by atoms with van der Waals surface area (Å²) in [5.41, 5.74) is 7.01. The highest BCUT2D eigenvalue weighted by Crippen LogP contribution is 2.25. The average molecular weight is 581 g/mol. The molecule has 5 rings (SSSR count). The van der Waals surface area contributed by atoms with Gasteiger partial charge in [0.1, 0.15) is 5.69 Å². The molecule has 0 unspecified atom stereocenters. The van der Waals surface area contributed by atoms with E-state index in [4.69, 9.17) is 28.3 Å². The van der Waals surface area contributed by atoms with Gasteiger partial charge in [0.05, 0.1) is 23.4 Å². The van der Waals surface area contributed by atoms with E-state index < -0.39 is 0 Å². The van der Waals surface area contributed by atoms with Crippen LogP contribution < -0.4 is 10.9 Å². The van der Waals surface area contributed by atoms with Crippen molar-refractivity contribution in [3.63, 3.8) is 0 Å². The van der Waals surface area contributed by atoms with Crippen LogP contribution in [-0.2, 0) is 17.6 Å². The number of amides is 1. The molecule has 0 fully saturated rings. The van der Waals surface area contributed by atoms with Crippen molar-refractivity contribution in [3.8, 4) is 16.9 Å². The largest absolute Gasteiger partial charge is 0.355 e. The molecule has 0 spiro atoms. The summed E-state index contributed by atoms with van der Waals surface area (Å²) in [6.45, 7) is 8.32. The number of halogens is 2. The third-order valence-electron chi connectivity index (χ3n) is 6.84. The first-order valence-electron chi connectivity index (χ1n) is 12.5. The van der Waals surface area contributed by atoms with Gasteiger partial charge in [0.25, 0.3) is 5.56 Å². The molecule has 0 saturated heterocycles. The van der Waals surface area contributed by atoms with Crippen LogP contribution in [0.25, 0.3) is 21.9 Å². The van der Waals surface area contributed by atoms with Crippen molar-refractivity contribution in [2.24, 2.45) is 0 Å². The molecule has 0 atom stereocenters. The van der Waals surface area contributed by atoms with Gasteiger partial charge in [-0.15, -0.1) is 11.3 Å². The van der Waals surface area contributed by atoms with Crippen LogP contribution in [0.2, 0.25) is 10.0 Å². The lowest BCUT2D eigenvalue weighted by Gasteiger charge is -2.10. The number of carbonyl (C=O) groups is 1. The molecule has 10 heteroatoms. The minimum Gasteiger partial charge on any atom is -0.355 e. The molecule has 39 heavy (non-hydrogen) atoms. The van der Waals surface area contributed by atoms with Gasteiger partial charge in [-0.2, -0.15) is 5.10 Å². The van der Waals surface area contributed by atoms with Gasteiger partial charge in [0, 0.05) is 33.4 Å². The van der Waals surface area contributed by atoms with Crippen LogP contribution in [0.4, 0.5) is 0 Å². The van der Waals surface area contributed by atoms with Gasteiger partial charge in [-0.25, -0.2) is 9.67 Å². The number of hydrogen-bond donors (Lipinski definition) is 1. The molecule has 0 aliphatic rings. The molecule has 2 aromatic carbocycles. The van der Waals surface area contributed by atoms with Gasteiger partial charge < -0.3 is 5.32 Å². The molecule has 5 aromatic rings. The zero-order chi connectivity index (χ0) is 27.8. The summed E-state index contributed by atoms with van der Waals surface area (Å²) < 4.78 is 3.38. The predicted octanol–water partition coefficient (Wildman–Crippen LogP) is 6.05. The van der Waals surface area contributed by atoms with Gasteiger partial charge in [0.15, 0.2) is 4.96 Å². The van der Waals surface area contributed by atoms with Gasteiger partial charge in [0.2, 0.25) is 5.91 Å². The maximum atomic E-state index is 13.8. The molecular weight excluding hydrogens is 553 g/mol. The number of rotatable bonds is 7. The summed E-state index contributed by atoms with van der Waals surface area (Å²) in [4.78, 5) is 31.8. The molecule has 0 saturated carbocycles. The fraction of sp³-hybridized carbons (Fsp3) is 0.241. The van der Waals surface area contributed by atoms with Gasteiger partial charge in [-0.3, -0.25) is 14.0 Å². The van der Waals surface area contributed by atoms with Crippen LogP contribution in [0.1, 0.15) is 33.8 Å². The Morgan fingerprint density at radius 3 is 2.64 bits per heavy atom. The van der Waals surface area contributed by atoms with E-state index in [0.717, 1.165) is 22.5 Å². The summed E-state index contributed by atoms with van der Waals surface area (Å²) in [5.74, 6) is -0.191. The van der Waals surface area contributed by atoms with E-state index in [0.29, 0.717) is 50.6 Å². The maximum absolute atomic E-state index is 13.8. The van der Waals surface area contributed by atoms with Crippen LogP contribution in [0.15, 0.2) is 52.6 Å². The van der Waals surface area contributed by atoms with E-state index >= 15 is 0 Å². The second kappa shape index (κ2) is 11.0. The summed E-state index contributed by atoms with van der Waals surface area (Å²) in [6.07, 6.45) is 0.619. The lowest BCUT2D eigenvalue weighted by Crippen LogP contribution is -2.29. The molecule has 0 radical (unpaired) electrons. The minimum atomic E-state index is -0.236. The lowest BCUT2D eigenvalue weighted by molar-refractivity contribution is -0.120. The quantitative estimate of drug-likeness (QED) is 0.254. The fourth-order valence-corrected chi connectivity index (χ4v) is 6.05. The van der Waals surface area contributed by atoms with Crippen molar-refractivity contribution in [2.75, 3.05) is 6.54 Å². The Bertz CT molecular complexity index is 1790. The van der Waals surface area contributed by atoms with Gasteiger partial charge in [-0.1, -0.05) is 41.4 Å². The van der Waals surface area contributed by atoms with Crippen molar-refractivity contribution in [2.45, 2.75) is 40.5 Å². The first kappa shape index (κ1) is 27.1. The predicted molar refractivity (Wildman–Crippen MR) is 158 cm³/mol. The third-order valence-corrected chi connectivity index (χ3v) is 8.30. The number of aryl methyl sites for hydroxylation is 3. The SMILES string of the molecule is Cc1cccc(-n2nc(-c3c(C)nc4scc(CC(=O)NCCc5ccc(Cl)cc5Cl)n4c3=O)cc2C)c1C. The fourth-order valence-electron chi connectivity index (χ4n) is 4.62. The molecule has 1 N–H and O–H groups in total. The number of benzene rings is 2. The van der Waals surface area contributed by atoms with Crippen molar-refractivity contribution >= 4 is 45.4 Å². The molecule has 0 aliphatic carbocycles. The van der Waals surface area contributed by atoms with Crippen LogP contribution >= 0.6 is 34.5 Å². The minimum absolute atomic E-state index is 0.0500. The Labute approximate surface area is 240 Å². The number of nitrogens with zero attached hydrogens (tertiary/aromatic N) is 4.